The number of aldehydes is 1. The standard InChI is InChI=1S/C17H13F4N3O/c1-10(4-3-5-11(2)8-9-25)6-7-12-13(18)15(20)17(23-24-22)16(21)14(12)19/h3-9H,1-2H3. The average molecular weight is 351 g/mol. The summed E-state index contributed by atoms with van der Waals surface area (Å²) in [5.74, 6) is -6.86. The summed E-state index contributed by atoms with van der Waals surface area (Å²) in [4.78, 5) is 12.4. The molecule has 0 N–H and O–H groups in total. The van der Waals surface area contributed by atoms with Gasteiger partial charge in [-0.1, -0.05) is 35.0 Å². The SMILES string of the molecule is CC(C=CC=C(C)C=Cc1c(F)c(F)c(N=[N+]=[N-])c(F)c1F)=CC=O. The molecule has 0 heterocycles. The Hall–Kier alpha value is -3.12. The third-order valence-electron chi connectivity index (χ3n) is 2.98. The van der Waals surface area contributed by atoms with Crippen LogP contribution in [-0.2, 0) is 4.79 Å². The number of halogens is 4. The van der Waals surface area contributed by atoms with Crippen molar-refractivity contribution in [3.05, 3.63) is 80.8 Å². The van der Waals surface area contributed by atoms with E-state index in [1.165, 1.54) is 12.2 Å². The summed E-state index contributed by atoms with van der Waals surface area (Å²) in [6, 6.07) is 0. The molecule has 0 atom stereocenters. The van der Waals surface area contributed by atoms with Crippen LogP contribution in [0.5, 0.6) is 0 Å². The fourth-order valence-electron chi connectivity index (χ4n) is 1.70. The molecule has 0 saturated carbocycles. The van der Waals surface area contributed by atoms with Gasteiger partial charge < -0.3 is 0 Å². The monoisotopic (exact) mass is 351 g/mol. The van der Waals surface area contributed by atoms with Gasteiger partial charge in [-0.2, -0.15) is 0 Å². The Balaban J connectivity index is 3.19. The van der Waals surface area contributed by atoms with Crippen molar-refractivity contribution in [2.75, 3.05) is 0 Å². The van der Waals surface area contributed by atoms with Crippen molar-refractivity contribution in [2.45, 2.75) is 13.8 Å². The fraction of sp³-hybridized carbons (Fsp3) is 0.118. The molecule has 0 aromatic heterocycles. The maximum atomic E-state index is 13.8. The van der Waals surface area contributed by atoms with E-state index in [0.717, 1.165) is 6.08 Å². The number of azide groups is 1. The lowest BCUT2D eigenvalue weighted by atomic mass is 10.1. The van der Waals surface area contributed by atoms with Gasteiger partial charge in [0, 0.05) is 4.91 Å². The third kappa shape index (κ3) is 5.19. The molecule has 0 radical (unpaired) electrons. The molecule has 1 aromatic rings. The number of allylic oxidation sites excluding steroid dienone is 7. The number of carbonyl (C=O) groups is 1. The van der Waals surface area contributed by atoms with Crippen LogP contribution in [0.1, 0.15) is 19.4 Å². The van der Waals surface area contributed by atoms with Crippen LogP contribution < -0.4 is 0 Å². The van der Waals surface area contributed by atoms with Gasteiger partial charge in [0.15, 0.2) is 23.3 Å². The molecule has 0 spiro atoms. The van der Waals surface area contributed by atoms with Crippen LogP contribution in [-0.4, -0.2) is 6.29 Å². The van der Waals surface area contributed by atoms with E-state index < -0.39 is 34.5 Å². The Morgan fingerprint density at radius 2 is 1.52 bits per heavy atom. The Morgan fingerprint density at radius 1 is 0.960 bits per heavy atom. The Bertz CT molecular complexity index is 819. The molecular weight excluding hydrogens is 338 g/mol. The Labute approximate surface area is 141 Å². The molecule has 1 aromatic carbocycles. The zero-order valence-electron chi connectivity index (χ0n) is 13.3. The maximum absolute atomic E-state index is 13.8. The van der Waals surface area contributed by atoms with E-state index in [1.54, 1.807) is 32.1 Å². The van der Waals surface area contributed by atoms with Crippen molar-refractivity contribution in [1.82, 2.24) is 0 Å². The minimum Gasteiger partial charge on any atom is -0.299 e. The molecule has 0 fully saturated rings. The van der Waals surface area contributed by atoms with Crippen molar-refractivity contribution in [3.63, 3.8) is 0 Å². The van der Waals surface area contributed by atoms with E-state index >= 15 is 0 Å². The largest absolute Gasteiger partial charge is 0.299 e. The lowest BCUT2D eigenvalue weighted by Gasteiger charge is -2.06. The quantitative estimate of drug-likeness (QED) is 0.0927. The fourth-order valence-corrected chi connectivity index (χ4v) is 1.70. The number of rotatable bonds is 6. The minimum absolute atomic E-state index is 0.522. The molecule has 0 bridgehead atoms. The van der Waals surface area contributed by atoms with Gasteiger partial charge in [-0.05, 0) is 37.1 Å². The summed E-state index contributed by atoms with van der Waals surface area (Å²) in [7, 11) is 0. The van der Waals surface area contributed by atoms with E-state index in [2.05, 4.69) is 10.0 Å². The second-order valence-corrected chi connectivity index (χ2v) is 4.86. The smallest absolute Gasteiger partial charge is 0.172 e. The molecule has 130 valence electrons. The highest BCUT2D eigenvalue weighted by molar-refractivity contribution is 5.67. The molecule has 0 unspecified atom stereocenters. The summed E-state index contributed by atoms with van der Waals surface area (Å²) in [5.41, 5.74) is 7.11. The first-order valence-electron chi connectivity index (χ1n) is 6.89. The zero-order valence-corrected chi connectivity index (χ0v) is 13.3. The van der Waals surface area contributed by atoms with Gasteiger partial charge in [-0.3, -0.25) is 4.79 Å². The van der Waals surface area contributed by atoms with Gasteiger partial charge in [0.2, 0.25) is 0 Å². The van der Waals surface area contributed by atoms with Crippen LogP contribution in [0.4, 0.5) is 23.2 Å². The number of benzene rings is 1. The lowest BCUT2D eigenvalue weighted by Crippen LogP contribution is -1.99. The second kappa shape index (κ2) is 9.24. The lowest BCUT2D eigenvalue weighted by molar-refractivity contribution is -0.104. The summed E-state index contributed by atoms with van der Waals surface area (Å²) in [6.07, 6.45) is 8.87. The third-order valence-corrected chi connectivity index (χ3v) is 2.98. The van der Waals surface area contributed by atoms with Crippen LogP contribution in [0, 0.1) is 23.3 Å². The van der Waals surface area contributed by atoms with Crippen molar-refractivity contribution in [3.8, 4) is 0 Å². The highest BCUT2D eigenvalue weighted by Gasteiger charge is 2.23. The highest BCUT2D eigenvalue weighted by atomic mass is 19.2. The van der Waals surface area contributed by atoms with Crippen molar-refractivity contribution < 1.29 is 22.4 Å². The number of nitrogens with zero attached hydrogens (tertiary/aromatic N) is 3. The predicted octanol–water partition coefficient (Wildman–Crippen LogP) is 5.85. The van der Waals surface area contributed by atoms with E-state index in [-0.39, 0.29) is 0 Å². The van der Waals surface area contributed by atoms with Crippen LogP contribution in [0.25, 0.3) is 16.5 Å². The van der Waals surface area contributed by atoms with Gasteiger partial charge in [0.1, 0.15) is 12.0 Å². The van der Waals surface area contributed by atoms with Gasteiger partial charge in [0.05, 0.1) is 5.56 Å². The topological polar surface area (TPSA) is 65.8 Å². The Morgan fingerprint density at radius 3 is 2.04 bits per heavy atom. The predicted molar refractivity (Wildman–Crippen MR) is 86.8 cm³/mol. The Kier molecular flexibility index (Phi) is 7.37. The molecule has 0 amide bonds. The van der Waals surface area contributed by atoms with Gasteiger partial charge in [-0.25, -0.2) is 17.6 Å². The molecule has 0 aliphatic heterocycles. The van der Waals surface area contributed by atoms with Crippen LogP contribution in [0.2, 0.25) is 0 Å². The molecule has 4 nitrogen and oxygen atoms in total. The van der Waals surface area contributed by atoms with Gasteiger partial charge >= 0.3 is 0 Å². The normalized spacial score (nSPS) is 12.7. The van der Waals surface area contributed by atoms with Gasteiger partial charge in [-0.15, -0.1) is 0 Å². The molecule has 25 heavy (non-hydrogen) atoms. The first-order valence-corrected chi connectivity index (χ1v) is 6.89. The number of hydrogen-bond donors (Lipinski definition) is 0. The summed E-state index contributed by atoms with van der Waals surface area (Å²) in [5, 5.41) is 2.61. The second-order valence-electron chi connectivity index (χ2n) is 4.86. The molecular formula is C17H13F4N3O. The van der Waals surface area contributed by atoms with Gasteiger partial charge in [0.25, 0.3) is 0 Å². The highest BCUT2D eigenvalue weighted by Crippen LogP contribution is 2.31. The van der Waals surface area contributed by atoms with Crippen molar-refractivity contribution in [2.24, 2.45) is 5.11 Å². The minimum atomic E-state index is -1.77. The van der Waals surface area contributed by atoms with Crippen LogP contribution in [0.3, 0.4) is 0 Å². The average Bonchev–Trinajstić information content (AvgIpc) is 2.57. The molecule has 0 aliphatic carbocycles. The first kappa shape index (κ1) is 19.9. The van der Waals surface area contributed by atoms with Crippen LogP contribution >= 0.6 is 0 Å². The van der Waals surface area contributed by atoms with Crippen molar-refractivity contribution in [1.29, 1.82) is 0 Å². The van der Waals surface area contributed by atoms with E-state index in [4.69, 9.17) is 5.53 Å². The molecule has 8 heteroatoms. The molecule has 1 rings (SSSR count). The zero-order chi connectivity index (χ0) is 19.0. The summed E-state index contributed by atoms with van der Waals surface area (Å²) in [6.45, 7) is 3.29. The van der Waals surface area contributed by atoms with Crippen LogP contribution in [0.15, 0.2) is 46.6 Å². The van der Waals surface area contributed by atoms with E-state index in [1.807, 2.05) is 0 Å². The number of carbonyl (C=O) groups excluding carboxylic acids is 1. The summed E-state index contributed by atoms with van der Waals surface area (Å²) < 4.78 is 54.9. The number of hydrogen-bond acceptors (Lipinski definition) is 2. The van der Waals surface area contributed by atoms with E-state index in [0.29, 0.717) is 17.4 Å². The summed E-state index contributed by atoms with van der Waals surface area (Å²) >= 11 is 0. The van der Waals surface area contributed by atoms with Crippen molar-refractivity contribution >= 4 is 18.0 Å². The maximum Gasteiger partial charge on any atom is 0.172 e. The first-order chi connectivity index (χ1) is 11.8. The molecule has 0 saturated heterocycles. The van der Waals surface area contributed by atoms with E-state index in [9.17, 15) is 22.4 Å². The molecule has 0 aliphatic rings.